The predicted octanol–water partition coefficient (Wildman–Crippen LogP) is 4.34. The first-order chi connectivity index (χ1) is 7.20. The summed E-state index contributed by atoms with van der Waals surface area (Å²) in [6, 6.07) is 5.72. The number of benzene rings is 1. The fourth-order valence-electron chi connectivity index (χ4n) is 1.15. The molecule has 2 rings (SSSR count). The highest BCUT2D eigenvalue weighted by Crippen LogP contribution is 2.27. The van der Waals surface area contributed by atoms with Crippen molar-refractivity contribution in [3.05, 3.63) is 38.9 Å². The lowest BCUT2D eigenvalue weighted by atomic mass is 10.2. The Morgan fingerprint density at radius 2 is 2.20 bits per heavy atom. The molecule has 0 aliphatic carbocycles. The maximum absolute atomic E-state index is 6.01. The van der Waals surface area contributed by atoms with Gasteiger partial charge in [0, 0.05) is 9.13 Å². The molecular weight excluding hydrogens is 348 g/mol. The minimum Gasteiger partial charge on any atom is -0.439 e. The monoisotopic (exact) mass is 353 g/mol. The smallest absolute Gasteiger partial charge is 0.209 e. The Hall–Kier alpha value is -0.260. The SMILES string of the molecule is ClCc1ncc(-c2ccc(I)c(Cl)c2)o1. The lowest BCUT2D eigenvalue weighted by Gasteiger charge is -1.99. The van der Waals surface area contributed by atoms with Crippen LogP contribution in [0.1, 0.15) is 5.89 Å². The van der Waals surface area contributed by atoms with Crippen LogP contribution in [0.15, 0.2) is 28.8 Å². The molecular formula is C10H6Cl2INO. The van der Waals surface area contributed by atoms with Crippen molar-refractivity contribution in [2.45, 2.75) is 5.88 Å². The fourth-order valence-corrected chi connectivity index (χ4v) is 1.79. The number of halogens is 3. The van der Waals surface area contributed by atoms with Gasteiger partial charge in [0.05, 0.1) is 17.1 Å². The zero-order chi connectivity index (χ0) is 10.8. The molecule has 0 radical (unpaired) electrons. The zero-order valence-electron chi connectivity index (χ0n) is 7.51. The molecule has 2 aromatic rings. The van der Waals surface area contributed by atoms with Crippen molar-refractivity contribution in [3.63, 3.8) is 0 Å². The fraction of sp³-hybridized carbons (Fsp3) is 0.100. The van der Waals surface area contributed by atoms with Gasteiger partial charge in [0.2, 0.25) is 5.89 Å². The zero-order valence-corrected chi connectivity index (χ0v) is 11.2. The van der Waals surface area contributed by atoms with Gasteiger partial charge in [-0.05, 0) is 34.7 Å². The highest BCUT2D eigenvalue weighted by atomic mass is 127. The van der Waals surface area contributed by atoms with E-state index in [2.05, 4.69) is 27.6 Å². The van der Waals surface area contributed by atoms with E-state index < -0.39 is 0 Å². The molecule has 0 bridgehead atoms. The van der Waals surface area contributed by atoms with Crippen LogP contribution >= 0.6 is 45.8 Å². The number of hydrogen-bond acceptors (Lipinski definition) is 2. The molecule has 0 N–H and O–H groups in total. The summed E-state index contributed by atoms with van der Waals surface area (Å²) in [5.41, 5.74) is 0.907. The molecule has 5 heteroatoms. The Bertz CT molecular complexity index is 484. The molecule has 1 aromatic carbocycles. The molecule has 1 heterocycles. The largest absolute Gasteiger partial charge is 0.439 e. The van der Waals surface area contributed by atoms with Gasteiger partial charge in [-0.15, -0.1) is 11.6 Å². The van der Waals surface area contributed by atoms with E-state index in [9.17, 15) is 0 Å². The predicted molar refractivity (Wildman–Crippen MR) is 69.2 cm³/mol. The molecule has 0 atom stereocenters. The number of oxazole rings is 1. The standard InChI is InChI=1S/C10H6Cl2INO/c11-4-10-14-5-9(15-10)6-1-2-8(13)7(12)3-6/h1-3,5H,4H2. The Balaban J connectivity index is 2.40. The lowest BCUT2D eigenvalue weighted by molar-refractivity contribution is 0.529. The van der Waals surface area contributed by atoms with Crippen LogP contribution in [0.4, 0.5) is 0 Å². The van der Waals surface area contributed by atoms with Gasteiger partial charge in [-0.1, -0.05) is 17.7 Å². The van der Waals surface area contributed by atoms with E-state index in [1.165, 1.54) is 0 Å². The van der Waals surface area contributed by atoms with Gasteiger partial charge in [-0.25, -0.2) is 4.98 Å². The van der Waals surface area contributed by atoms with Crippen molar-refractivity contribution in [1.82, 2.24) is 4.98 Å². The third kappa shape index (κ3) is 2.46. The van der Waals surface area contributed by atoms with E-state index in [0.29, 0.717) is 16.7 Å². The van der Waals surface area contributed by atoms with Gasteiger partial charge in [-0.3, -0.25) is 0 Å². The van der Waals surface area contributed by atoms with Gasteiger partial charge in [0.15, 0.2) is 5.76 Å². The molecule has 0 amide bonds. The number of aromatic nitrogens is 1. The molecule has 0 aliphatic heterocycles. The first kappa shape index (κ1) is 11.2. The summed E-state index contributed by atoms with van der Waals surface area (Å²) in [6.45, 7) is 0. The van der Waals surface area contributed by atoms with Crippen molar-refractivity contribution in [2.24, 2.45) is 0 Å². The average molecular weight is 354 g/mol. The summed E-state index contributed by atoms with van der Waals surface area (Å²) >= 11 is 13.8. The average Bonchev–Trinajstić information content (AvgIpc) is 2.70. The lowest BCUT2D eigenvalue weighted by Crippen LogP contribution is -1.77. The van der Waals surface area contributed by atoms with Crippen LogP contribution < -0.4 is 0 Å². The molecule has 15 heavy (non-hydrogen) atoms. The molecule has 78 valence electrons. The number of rotatable bonds is 2. The van der Waals surface area contributed by atoms with Gasteiger partial charge in [0.1, 0.15) is 0 Å². The Morgan fingerprint density at radius 1 is 1.40 bits per heavy atom. The third-order valence-electron chi connectivity index (χ3n) is 1.87. The van der Waals surface area contributed by atoms with E-state index in [0.717, 1.165) is 9.13 Å². The van der Waals surface area contributed by atoms with Crippen molar-refractivity contribution in [2.75, 3.05) is 0 Å². The van der Waals surface area contributed by atoms with Crippen molar-refractivity contribution < 1.29 is 4.42 Å². The van der Waals surface area contributed by atoms with Crippen molar-refractivity contribution in [3.8, 4) is 11.3 Å². The molecule has 1 aromatic heterocycles. The Labute approximate surface area is 111 Å². The van der Waals surface area contributed by atoms with Crippen LogP contribution in [0.25, 0.3) is 11.3 Å². The first-order valence-electron chi connectivity index (χ1n) is 4.17. The Kier molecular flexibility index (Phi) is 3.53. The van der Waals surface area contributed by atoms with E-state index in [1.54, 1.807) is 6.20 Å². The minimum atomic E-state index is 0.276. The number of alkyl halides is 1. The van der Waals surface area contributed by atoms with Crippen LogP contribution in [-0.4, -0.2) is 4.98 Å². The molecule has 2 nitrogen and oxygen atoms in total. The number of nitrogens with zero attached hydrogens (tertiary/aromatic N) is 1. The van der Waals surface area contributed by atoms with Crippen LogP contribution in [0.3, 0.4) is 0 Å². The molecule has 0 aliphatic rings. The highest BCUT2D eigenvalue weighted by Gasteiger charge is 2.07. The summed E-state index contributed by atoms with van der Waals surface area (Å²) in [6.07, 6.45) is 1.65. The van der Waals surface area contributed by atoms with Crippen LogP contribution in [0, 0.1) is 3.57 Å². The van der Waals surface area contributed by atoms with Gasteiger partial charge in [-0.2, -0.15) is 0 Å². The summed E-state index contributed by atoms with van der Waals surface area (Å²) < 4.78 is 6.42. The van der Waals surface area contributed by atoms with E-state index in [-0.39, 0.29) is 5.88 Å². The summed E-state index contributed by atoms with van der Waals surface area (Å²) in [4.78, 5) is 4.02. The van der Waals surface area contributed by atoms with E-state index in [4.69, 9.17) is 27.6 Å². The minimum absolute atomic E-state index is 0.276. The second-order valence-electron chi connectivity index (χ2n) is 2.88. The van der Waals surface area contributed by atoms with Crippen LogP contribution in [0.2, 0.25) is 5.02 Å². The Morgan fingerprint density at radius 3 is 2.80 bits per heavy atom. The van der Waals surface area contributed by atoms with Gasteiger partial charge in [0.25, 0.3) is 0 Å². The van der Waals surface area contributed by atoms with Crippen molar-refractivity contribution in [1.29, 1.82) is 0 Å². The van der Waals surface area contributed by atoms with Crippen molar-refractivity contribution >= 4 is 45.8 Å². The normalized spacial score (nSPS) is 10.6. The number of hydrogen-bond donors (Lipinski definition) is 0. The topological polar surface area (TPSA) is 26.0 Å². The summed E-state index contributed by atoms with van der Waals surface area (Å²) in [5, 5.41) is 0.705. The molecule has 0 saturated heterocycles. The highest BCUT2D eigenvalue weighted by molar-refractivity contribution is 14.1. The van der Waals surface area contributed by atoms with Gasteiger partial charge < -0.3 is 4.42 Å². The molecule has 0 fully saturated rings. The summed E-state index contributed by atoms with van der Waals surface area (Å²) in [7, 11) is 0. The molecule has 0 unspecified atom stereocenters. The first-order valence-corrected chi connectivity index (χ1v) is 6.16. The van der Waals surface area contributed by atoms with Gasteiger partial charge >= 0.3 is 0 Å². The summed E-state index contributed by atoms with van der Waals surface area (Å²) in [5.74, 6) is 1.48. The van der Waals surface area contributed by atoms with Crippen LogP contribution in [0.5, 0.6) is 0 Å². The van der Waals surface area contributed by atoms with E-state index in [1.807, 2.05) is 18.2 Å². The molecule has 0 saturated carbocycles. The van der Waals surface area contributed by atoms with E-state index >= 15 is 0 Å². The molecule has 0 spiro atoms. The maximum Gasteiger partial charge on any atom is 0.209 e. The van der Waals surface area contributed by atoms with Crippen LogP contribution in [-0.2, 0) is 5.88 Å². The third-order valence-corrected chi connectivity index (χ3v) is 3.67. The quantitative estimate of drug-likeness (QED) is 0.593. The second-order valence-corrected chi connectivity index (χ2v) is 4.72. The maximum atomic E-state index is 6.01. The second kappa shape index (κ2) is 4.72.